The summed E-state index contributed by atoms with van der Waals surface area (Å²) >= 11 is 2.98. The van der Waals surface area contributed by atoms with Crippen molar-refractivity contribution in [2.45, 2.75) is 86.5 Å². The first-order valence-corrected chi connectivity index (χ1v) is 17.1. The zero-order valence-electron chi connectivity index (χ0n) is 22.8. The van der Waals surface area contributed by atoms with Crippen LogP contribution in [0.1, 0.15) is 71.8 Å². The first kappa shape index (κ1) is 30.2. The third kappa shape index (κ3) is 7.21. The van der Waals surface area contributed by atoms with Crippen molar-refractivity contribution in [2.75, 3.05) is 23.5 Å². The molecule has 1 aliphatic heterocycles. The van der Waals surface area contributed by atoms with Crippen LogP contribution in [0.5, 0.6) is 0 Å². The van der Waals surface area contributed by atoms with Gasteiger partial charge in [0, 0.05) is 34.0 Å². The molecule has 2 aromatic rings. The monoisotopic (exact) mass is 565 g/mol. The van der Waals surface area contributed by atoms with Gasteiger partial charge in [0.05, 0.1) is 10.6 Å². The summed E-state index contributed by atoms with van der Waals surface area (Å²) < 4.78 is 22.7. The number of hydrogen-bond acceptors (Lipinski definition) is 6. The van der Waals surface area contributed by atoms with Crippen molar-refractivity contribution < 1.29 is 19.0 Å². The average Bonchev–Trinajstić information content (AvgIpc) is 2.97. The van der Waals surface area contributed by atoms with Crippen LogP contribution in [0.15, 0.2) is 52.3 Å². The number of carbonyl (C=O) groups is 1. The lowest BCUT2D eigenvalue weighted by Gasteiger charge is -2.42. The number of fused-ring (bicyclic) bond motifs is 1. The van der Waals surface area contributed by atoms with Crippen molar-refractivity contribution in [3.63, 3.8) is 0 Å². The van der Waals surface area contributed by atoms with Crippen LogP contribution in [0.3, 0.4) is 0 Å². The van der Waals surface area contributed by atoms with Gasteiger partial charge in [-0.25, -0.2) is 0 Å². The van der Waals surface area contributed by atoms with E-state index in [4.69, 9.17) is 0 Å². The quantitative estimate of drug-likeness (QED) is 0.221. The van der Waals surface area contributed by atoms with Gasteiger partial charge in [-0.3, -0.25) is 13.9 Å². The van der Waals surface area contributed by atoms with E-state index in [0.717, 1.165) is 66.9 Å². The van der Waals surface area contributed by atoms with E-state index in [0.29, 0.717) is 16.4 Å². The van der Waals surface area contributed by atoms with E-state index in [1.54, 1.807) is 25.6 Å². The van der Waals surface area contributed by atoms with Crippen LogP contribution in [0.2, 0.25) is 0 Å². The van der Waals surface area contributed by atoms with Crippen molar-refractivity contribution in [3.05, 3.63) is 48.0 Å². The predicted octanol–water partition coefficient (Wildman–Crippen LogP) is 9.13. The molecular formula is C29H43NO4S3. The van der Waals surface area contributed by atoms with Gasteiger partial charge >= 0.3 is 5.97 Å². The molecule has 1 aliphatic rings. The molecule has 5 nitrogen and oxygen atoms in total. The maximum absolute atomic E-state index is 11.8. The molecule has 8 heteroatoms. The van der Waals surface area contributed by atoms with E-state index >= 15 is 0 Å². The van der Waals surface area contributed by atoms with Gasteiger partial charge in [-0.1, -0.05) is 57.7 Å². The van der Waals surface area contributed by atoms with Crippen LogP contribution < -0.4 is 4.90 Å². The summed E-state index contributed by atoms with van der Waals surface area (Å²) in [7, 11) is -3.08. The summed E-state index contributed by atoms with van der Waals surface area (Å²) in [6.45, 7) is 8.55. The van der Waals surface area contributed by atoms with Gasteiger partial charge in [0.25, 0.3) is 0 Å². The number of nitrogens with zero attached hydrogens (tertiary/aromatic N) is 1. The molecule has 206 valence electrons. The Labute approximate surface area is 233 Å². The fourth-order valence-electron chi connectivity index (χ4n) is 5.03. The Hall–Kier alpha value is -1.32. The minimum atomic E-state index is -3.08. The van der Waals surface area contributed by atoms with Gasteiger partial charge in [0.2, 0.25) is 0 Å². The van der Waals surface area contributed by atoms with E-state index in [1.807, 2.05) is 30.5 Å². The predicted molar refractivity (Wildman–Crippen MR) is 162 cm³/mol. The maximum atomic E-state index is 11.8. The molecule has 0 saturated carbocycles. The Morgan fingerprint density at radius 1 is 1.08 bits per heavy atom. The smallest absolute Gasteiger partial charge is 0.319 e. The van der Waals surface area contributed by atoms with Crippen LogP contribution >= 0.6 is 34.1 Å². The van der Waals surface area contributed by atoms with Gasteiger partial charge in [-0.2, -0.15) is 10.6 Å². The van der Waals surface area contributed by atoms with Crippen molar-refractivity contribution in [2.24, 2.45) is 5.41 Å². The molecule has 1 heterocycles. The minimum absolute atomic E-state index is 0.209. The van der Waals surface area contributed by atoms with Crippen LogP contribution in [0.25, 0.3) is 0 Å². The summed E-state index contributed by atoms with van der Waals surface area (Å²) in [5.74, 6) is -0.00288. The third-order valence-electron chi connectivity index (χ3n) is 7.30. The molecule has 2 aromatic carbocycles. The molecule has 0 aliphatic carbocycles. The van der Waals surface area contributed by atoms with E-state index < -0.39 is 21.3 Å². The number of rotatable bonds is 12. The molecule has 0 unspecified atom stereocenters. The molecule has 37 heavy (non-hydrogen) atoms. The highest BCUT2D eigenvalue weighted by Crippen LogP contribution is 2.61. The van der Waals surface area contributed by atoms with Crippen molar-refractivity contribution in [1.82, 2.24) is 0 Å². The molecule has 0 amide bonds. The van der Waals surface area contributed by atoms with Crippen LogP contribution in [0, 0.1) is 5.41 Å². The summed E-state index contributed by atoms with van der Waals surface area (Å²) in [5, 5.41) is 9.61. The van der Waals surface area contributed by atoms with E-state index in [1.165, 1.54) is 11.8 Å². The van der Waals surface area contributed by atoms with Crippen LogP contribution in [0.4, 0.5) is 11.4 Å². The first-order chi connectivity index (χ1) is 17.5. The van der Waals surface area contributed by atoms with E-state index in [2.05, 4.69) is 36.9 Å². The second-order valence-electron chi connectivity index (χ2n) is 10.7. The van der Waals surface area contributed by atoms with Crippen LogP contribution in [-0.4, -0.2) is 43.5 Å². The lowest BCUT2D eigenvalue weighted by atomic mass is 9.79. The van der Waals surface area contributed by atoms with E-state index in [-0.39, 0.29) is 5.41 Å². The van der Waals surface area contributed by atoms with Crippen molar-refractivity contribution in [1.29, 1.82) is 0 Å². The molecule has 3 rings (SSSR count). The molecule has 0 fully saturated rings. The SMILES string of the molecule is CCCCC1(CCCC)CN(c2ccccc2)c2cc(SC)c(CSC(C)(C)C(=O)O)cc2S(O)(O)C1. The number of hydrogen-bond donors (Lipinski definition) is 3. The van der Waals surface area contributed by atoms with Gasteiger partial charge in [0.15, 0.2) is 0 Å². The number of unbranched alkanes of at least 4 members (excludes halogenated alkanes) is 2. The minimum Gasteiger partial charge on any atom is -0.480 e. The largest absolute Gasteiger partial charge is 0.480 e. The Balaban J connectivity index is 2.18. The molecule has 3 N–H and O–H groups in total. The van der Waals surface area contributed by atoms with Gasteiger partial charge < -0.3 is 10.0 Å². The highest BCUT2D eigenvalue weighted by atomic mass is 32.3. The zero-order chi connectivity index (χ0) is 27.3. The van der Waals surface area contributed by atoms with Gasteiger partial charge in [-0.05, 0) is 62.8 Å². The van der Waals surface area contributed by atoms with E-state index in [9.17, 15) is 19.0 Å². The molecule has 0 atom stereocenters. The van der Waals surface area contributed by atoms with Crippen molar-refractivity contribution >= 4 is 51.5 Å². The fraction of sp³-hybridized carbons (Fsp3) is 0.552. The molecule has 0 saturated heterocycles. The number of benzene rings is 2. The lowest BCUT2D eigenvalue weighted by molar-refractivity contribution is -0.138. The molecular weight excluding hydrogens is 523 g/mol. The van der Waals surface area contributed by atoms with Gasteiger partial charge in [0.1, 0.15) is 4.75 Å². The van der Waals surface area contributed by atoms with Gasteiger partial charge in [-0.15, -0.1) is 23.5 Å². The summed E-state index contributed by atoms with van der Waals surface area (Å²) in [6.07, 6.45) is 8.20. The highest BCUT2D eigenvalue weighted by Gasteiger charge is 2.42. The number of anilines is 2. The fourth-order valence-corrected chi connectivity index (χ4v) is 8.84. The third-order valence-corrected chi connectivity index (χ3v) is 11.5. The molecule has 0 radical (unpaired) electrons. The zero-order valence-corrected chi connectivity index (χ0v) is 25.3. The highest BCUT2D eigenvalue weighted by molar-refractivity contribution is 8.24. The number of carboxylic acid groups (broad SMARTS) is 1. The van der Waals surface area contributed by atoms with Crippen LogP contribution in [-0.2, 0) is 10.5 Å². The Morgan fingerprint density at radius 3 is 2.24 bits per heavy atom. The second-order valence-corrected chi connectivity index (χ2v) is 15.2. The maximum Gasteiger partial charge on any atom is 0.319 e. The molecule has 0 bridgehead atoms. The second kappa shape index (κ2) is 12.7. The Kier molecular flexibility index (Phi) is 10.4. The summed E-state index contributed by atoms with van der Waals surface area (Å²) in [5.41, 5.74) is 2.66. The molecule has 0 aromatic heterocycles. The lowest BCUT2D eigenvalue weighted by Crippen LogP contribution is -2.37. The topological polar surface area (TPSA) is 81.0 Å². The first-order valence-electron chi connectivity index (χ1n) is 13.2. The number of aliphatic carboxylic acids is 1. The summed E-state index contributed by atoms with van der Waals surface area (Å²) in [6, 6.07) is 14.3. The summed E-state index contributed by atoms with van der Waals surface area (Å²) in [4.78, 5) is 15.6. The number of carboxylic acids is 1. The molecule has 0 spiro atoms. The number of thioether (sulfide) groups is 2. The Bertz CT molecular complexity index is 1050. The normalized spacial score (nSPS) is 17.6. The van der Waals surface area contributed by atoms with Crippen molar-refractivity contribution in [3.8, 4) is 0 Å². The number of para-hydroxylation sites is 1. The Morgan fingerprint density at radius 2 is 1.70 bits per heavy atom. The average molecular weight is 566 g/mol. The standard InChI is InChI=1S/C29H43NO4S3/c1-6-8-15-29(16-9-7-2)20-30(23-13-11-10-12-14-23)24-18-25(35-5)22(17-26(24)37(33,34)21-29)19-36-28(3,4)27(31)32/h10-14,17-18,33-34H,6-9,15-16,19-21H2,1-5H3,(H,31,32).